The zero-order chi connectivity index (χ0) is 24.9. The van der Waals surface area contributed by atoms with Crippen molar-refractivity contribution < 1.29 is 0 Å². The third-order valence-electron chi connectivity index (χ3n) is 5.91. The number of H-pyrrole nitrogens is 2. The SMILES string of the molecule is O=c1[nH]nc(CCN(CCc2n[nH]c(=O)n2-c2ccccc2)c2ccc(Cl)cc2)n1-c1ccccc1. The van der Waals surface area contributed by atoms with Crippen molar-refractivity contribution in [1.82, 2.24) is 29.5 Å². The molecule has 9 nitrogen and oxygen atoms in total. The molecule has 0 radical (unpaired) electrons. The Morgan fingerprint density at radius 2 is 1.11 bits per heavy atom. The topological polar surface area (TPSA) is 105 Å². The first-order valence-electron chi connectivity index (χ1n) is 11.5. The van der Waals surface area contributed by atoms with Crippen LogP contribution in [0.3, 0.4) is 0 Å². The van der Waals surface area contributed by atoms with Crippen molar-refractivity contribution in [3.05, 3.63) is 123 Å². The summed E-state index contributed by atoms with van der Waals surface area (Å²) < 4.78 is 3.17. The van der Waals surface area contributed by atoms with Gasteiger partial charge in [-0.05, 0) is 48.5 Å². The summed E-state index contributed by atoms with van der Waals surface area (Å²) in [5.74, 6) is 1.26. The zero-order valence-electron chi connectivity index (χ0n) is 19.3. The van der Waals surface area contributed by atoms with E-state index in [4.69, 9.17) is 11.6 Å². The van der Waals surface area contributed by atoms with Gasteiger partial charge in [0.1, 0.15) is 11.6 Å². The van der Waals surface area contributed by atoms with Crippen LogP contribution < -0.4 is 16.3 Å². The normalized spacial score (nSPS) is 11.0. The van der Waals surface area contributed by atoms with Crippen LogP contribution in [0.5, 0.6) is 0 Å². The molecule has 0 aliphatic carbocycles. The molecule has 0 spiro atoms. The summed E-state index contributed by atoms with van der Waals surface area (Å²) in [6.07, 6.45) is 1.03. The number of anilines is 1. The minimum atomic E-state index is -0.280. The highest BCUT2D eigenvalue weighted by atomic mass is 35.5. The summed E-state index contributed by atoms with van der Waals surface area (Å²) in [7, 11) is 0. The van der Waals surface area contributed by atoms with E-state index in [1.165, 1.54) is 0 Å². The molecule has 10 heteroatoms. The van der Waals surface area contributed by atoms with Crippen LogP contribution in [-0.4, -0.2) is 42.6 Å². The van der Waals surface area contributed by atoms with Gasteiger partial charge in [-0.1, -0.05) is 48.0 Å². The fourth-order valence-corrected chi connectivity index (χ4v) is 4.30. The molecule has 0 amide bonds. The number of nitrogens with zero attached hydrogens (tertiary/aromatic N) is 5. The van der Waals surface area contributed by atoms with Crippen molar-refractivity contribution in [2.75, 3.05) is 18.0 Å². The van der Waals surface area contributed by atoms with Crippen LogP contribution in [0.25, 0.3) is 11.4 Å². The third-order valence-corrected chi connectivity index (χ3v) is 6.17. The molecule has 5 rings (SSSR count). The molecule has 0 saturated heterocycles. The molecule has 182 valence electrons. The highest BCUT2D eigenvalue weighted by Gasteiger charge is 2.16. The van der Waals surface area contributed by atoms with Crippen molar-refractivity contribution in [2.24, 2.45) is 0 Å². The second-order valence-corrected chi connectivity index (χ2v) is 8.63. The van der Waals surface area contributed by atoms with Crippen LogP contribution >= 0.6 is 11.6 Å². The summed E-state index contributed by atoms with van der Waals surface area (Å²) in [4.78, 5) is 27.1. The van der Waals surface area contributed by atoms with Gasteiger partial charge in [0.25, 0.3) is 0 Å². The number of hydrogen-bond donors (Lipinski definition) is 2. The van der Waals surface area contributed by atoms with Gasteiger partial charge in [-0.2, -0.15) is 10.2 Å². The number of benzene rings is 3. The Hall–Kier alpha value is -4.37. The van der Waals surface area contributed by atoms with Crippen LogP contribution in [0, 0.1) is 0 Å². The Morgan fingerprint density at radius 1 is 0.667 bits per heavy atom. The van der Waals surface area contributed by atoms with Gasteiger partial charge >= 0.3 is 11.4 Å². The van der Waals surface area contributed by atoms with E-state index < -0.39 is 0 Å². The summed E-state index contributed by atoms with van der Waals surface area (Å²) in [5, 5.41) is 14.3. The van der Waals surface area contributed by atoms with E-state index in [0.29, 0.717) is 42.6 Å². The molecule has 2 aromatic heterocycles. The summed E-state index contributed by atoms with van der Waals surface area (Å²) in [5.41, 5.74) is 1.92. The predicted octanol–water partition coefficient (Wildman–Crippen LogP) is 3.38. The summed E-state index contributed by atoms with van der Waals surface area (Å²) >= 11 is 6.12. The van der Waals surface area contributed by atoms with E-state index >= 15 is 0 Å². The fourth-order valence-electron chi connectivity index (χ4n) is 4.17. The van der Waals surface area contributed by atoms with E-state index in [1.807, 2.05) is 84.9 Å². The Bertz CT molecular complexity index is 1440. The van der Waals surface area contributed by atoms with Gasteiger partial charge in [-0.25, -0.2) is 28.9 Å². The van der Waals surface area contributed by atoms with E-state index in [2.05, 4.69) is 25.3 Å². The first-order chi connectivity index (χ1) is 17.6. The van der Waals surface area contributed by atoms with Crippen molar-refractivity contribution in [3.63, 3.8) is 0 Å². The quantitative estimate of drug-likeness (QED) is 0.322. The van der Waals surface area contributed by atoms with Gasteiger partial charge in [0, 0.05) is 36.6 Å². The van der Waals surface area contributed by atoms with Gasteiger partial charge < -0.3 is 4.90 Å². The lowest BCUT2D eigenvalue weighted by molar-refractivity contribution is 0.711. The molecule has 0 aliphatic rings. The van der Waals surface area contributed by atoms with Crippen molar-refractivity contribution in [2.45, 2.75) is 12.8 Å². The van der Waals surface area contributed by atoms with Crippen molar-refractivity contribution >= 4 is 17.3 Å². The first-order valence-corrected chi connectivity index (χ1v) is 11.9. The maximum absolute atomic E-state index is 12.5. The molecule has 0 unspecified atom stereocenters. The largest absolute Gasteiger partial charge is 0.371 e. The van der Waals surface area contributed by atoms with E-state index in [-0.39, 0.29) is 11.4 Å². The molecule has 0 fully saturated rings. The van der Waals surface area contributed by atoms with Crippen LogP contribution in [-0.2, 0) is 12.8 Å². The maximum Gasteiger partial charge on any atom is 0.347 e. The second-order valence-electron chi connectivity index (χ2n) is 8.20. The molecule has 0 aliphatic heterocycles. The van der Waals surface area contributed by atoms with Crippen LogP contribution in [0.15, 0.2) is 94.5 Å². The molecule has 0 bridgehead atoms. The van der Waals surface area contributed by atoms with Gasteiger partial charge in [-0.15, -0.1) is 0 Å². The zero-order valence-corrected chi connectivity index (χ0v) is 20.1. The standard InChI is InChI=1S/C26H24ClN7O2/c27-19-11-13-20(14-12-19)32(17-15-23-28-30-25(35)33(23)21-7-3-1-4-8-21)18-16-24-29-31-26(36)34(24)22-9-5-2-6-10-22/h1-14H,15-18H2,(H,30,35)(H,31,36). The predicted molar refractivity (Wildman–Crippen MR) is 139 cm³/mol. The molecular weight excluding hydrogens is 478 g/mol. The molecule has 2 heterocycles. The molecule has 5 aromatic rings. The molecule has 0 saturated carbocycles. The van der Waals surface area contributed by atoms with Crippen molar-refractivity contribution in [1.29, 1.82) is 0 Å². The van der Waals surface area contributed by atoms with Crippen LogP contribution in [0.4, 0.5) is 5.69 Å². The average molecular weight is 502 g/mol. The Labute approximate surface area is 211 Å². The number of aromatic nitrogens is 6. The molecular formula is C26H24ClN7O2. The van der Waals surface area contributed by atoms with Crippen LogP contribution in [0.1, 0.15) is 11.6 Å². The van der Waals surface area contributed by atoms with E-state index in [0.717, 1.165) is 17.1 Å². The van der Waals surface area contributed by atoms with Gasteiger partial charge in [0.05, 0.1) is 11.4 Å². The summed E-state index contributed by atoms with van der Waals surface area (Å²) in [6, 6.07) is 26.4. The lowest BCUT2D eigenvalue weighted by Gasteiger charge is -2.25. The number of nitrogens with one attached hydrogen (secondary N) is 2. The fraction of sp³-hybridized carbons (Fsp3) is 0.154. The number of rotatable bonds is 9. The van der Waals surface area contributed by atoms with Gasteiger partial charge in [0.15, 0.2) is 0 Å². The molecule has 36 heavy (non-hydrogen) atoms. The highest BCUT2D eigenvalue weighted by molar-refractivity contribution is 6.30. The molecule has 3 aromatic carbocycles. The Morgan fingerprint density at radius 3 is 1.56 bits per heavy atom. The molecule has 0 atom stereocenters. The monoisotopic (exact) mass is 501 g/mol. The van der Waals surface area contributed by atoms with E-state index in [1.54, 1.807) is 9.13 Å². The number of para-hydroxylation sites is 2. The van der Waals surface area contributed by atoms with Crippen molar-refractivity contribution in [3.8, 4) is 11.4 Å². The first kappa shape index (κ1) is 23.4. The average Bonchev–Trinajstić information content (AvgIpc) is 3.47. The van der Waals surface area contributed by atoms with Gasteiger partial charge in [-0.3, -0.25) is 0 Å². The minimum Gasteiger partial charge on any atom is -0.371 e. The van der Waals surface area contributed by atoms with E-state index in [9.17, 15) is 9.59 Å². The lowest BCUT2D eigenvalue weighted by atomic mass is 10.2. The smallest absolute Gasteiger partial charge is 0.347 e. The second kappa shape index (κ2) is 10.5. The van der Waals surface area contributed by atoms with Crippen LogP contribution in [0.2, 0.25) is 5.02 Å². The number of halogens is 1. The maximum atomic E-state index is 12.5. The van der Waals surface area contributed by atoms with Gasteiger partial charge in [0.2, 0.25) is 0 Å². The molecule has 2 N–H and O–H groups in total. The Balaban J connectivity index is 1.39. The minimum absolute atomic E-state index is 0.280. The summed E-state index contributed by atoms with van der Waals surface area (Å²) in [6.45, 7) is 1.16. The Kier molecular flexibility index (Phi) is 6.81. The third kappa shape index (κ3) is 5.01. The highest BCUT2D eigenvalue weighted by Crippen LogP contribution is 2.19. The lowest BCUT2D eigenvalue weighted by Crippen LogP contribution is -2.30. The number of aromatic amines is 2. The number of hydrogen-bond acceptors (Lipinski definition) is 5.